The molecule has 3 nitrogen and oxygen atoms in total. The summed E-state index contributed by atoms with van der Waals surface area (Å²) in [5.41, 5.74) is 3.00. The molecule has 0 aromatic carbocycles. The third-order valence-corrected chi connectivity index (χ3v) is 5.27. The summed E-state index contributed by atoms with van der Waals surface area (Å²) in [5.74, 6) is 1.92. The zero-order valence-corrected chi connectivity index (χ0v) is 12.5. The van der Waals surface area contributed by atoms with Crippen LogP contribution in [0.15, 0.2) is 4.52 Å². The van der Waals surface area contributed by atoms with Crippen molar-refractivity contribution in [2.45, 2.75) is 71.9 Å². The molecule has 106 valence electrons. The van der Waals surface area contributed by atoms with E-state index in [1.165, 1.54) is 36.9 Å². The zero-order chi connectivity index (χ0) is 13.5. The van der Waals surface area contributed by atoms with Gasteiger partial charge in [-0.25, -0.2) is 0 Å². The summed E-state index contributed by atoms with van der Waals surface area (Å²) in [7, 11) is 0. The molecule has 1 aromatic rings. The lowest BCUT2D eigenvalue weighted by Gasteiger charge is -2.35. The van der Waals surface area contributed by atoms with Gasteiger partial charge in [0.25, 0.3) is 0 Å². The zero-order valence-electron chi connectivity index (χ0n) is 12.5. The summed E-state index contributed by atoms with van der Waals surface area (Å²) in [6.45, 7) is 8.00. The molecular weight excluding hydrogens is 236 g/mol. The maximum atomic E-state index is 5.54. The largest absolute Gasteiger partial charge is 0.361 e. The molecule has 0 amide bonds. The van der Waals surface area contributed by atoms with E-state index >= 15 is 0 Å². The average molecular weight is 262 g/mol. The van der Waals surface area contributed by atoms with Gasteiger partial charge in [0.05, 0.1) is 0 Å². The van der Waals surface area contributed by atoms with Gasteiger partial charge in [-0.2, -0.15) is 0 Å². The first kappa shape index (κ1) is 13.2. The molecule has 1 atom stereocenters. The van der Waals surface area contributed by atoms with E-state index in [1.54, 1.807) is 0 Å². The van der Waals surface area contributed by atoms with Gasteiger partial charge >= 0.3 is 0 Å². The Bertz CT molecular complexity index is 446. The highest BCUT2D eigenvalue weighted by Gasteiger charge is 2.34. The molecule has 0 aliphatic heterocycles. The van der Waals surface area contributed by atoms with Crippen LogP contribution in [0.3, 0.4) is 0 Å². The number of aromatic nitrogens is 1. The van der Waals surface area contributed by atoms with Crippen molar-refractivity contribution < 1.29 is 4.52 Å². The molecule has 0 radical (unpaired) electrons. The maximum Gasteiger partial charge on any atom is 0.140 e. The highest BCUT2D eigenvalue weighted by molar-refractivity contribution is 5.26. The average Bonchev–Trinajstić information content (AvgIpc) is 3.16. The lowest BCUT2D eigenvalue weighted by atomic mass is 9.69. The van der Waals surface area contributed by atoms with Crippen molar-refractivity contribution in [2.75, 3.05) is 0 Å². The molecule has 2 aliphatic rings. The van der Waals surface area contributed by atoms with Crippen LogP contribution in [-0.2, 0) is 19.4 Å². The van der Waals surface area contributed by atoms with E-state index in [0.29, 0.717) is 5.41 Å². The van der Waals surface area contributed by atoms with Gasteiger partial charge in [-0.1, -0.05) is 32.3 Å². The highest BCUT2D eigenvalue weighted by atomic mass is 16.5. The fourth-order valence-corrected chi connectivity index (χ4v) is 3.09. The monoisotopic (exact) mass is 262 g/mol. The molecule has 3 rings (SSSR count). The summed E-state index contributed by atoms with van der Waals surface area (Å²) in [6.07, 6.45) is 7.37. The van der Waals surface area contributed by atoms with Crippen molar-refractivity contribution in [1.82, 2.24) is 10.5 Å². The van der Waals surface area contributed by atoms with Crippen molar-refractivity contribution in [2.24, 2.45) is 11.3 Å². The van der Waals surface area contributed by atoms with E-state index in [4.69, 9.17) is 4.52 Å². The quantitative estimate of drug-likeness (QED) is 0.883. The maximum absolute atomic E-state index is 5.54. The van der Waals surface area contributed by atoms with Crippen LogP contribution in [0.4, 0.5) is 0 Å². The predicted octanol–water partition coefficient (Wildman–Crippen LogP) is 3.47. The van der Waals surface area contributed by atoms with Gasteiger partial charge in [0.15, 0.2) is 0 Å². The Kier molecular flexibility index (Phi) is 3.42. The van der Waals surface area contributed by atoms with E-state index in [2.05, 4.69) is 31.2 Å². The minimum Gasteiger partial charge on any atom is -0.361 e. The number of nitrogens with zero attached hydrogens (tertiary/aromatic N) is 1. The van der Waals surface area contributed by atoms with Gasteiger partial charge in [-0.15, -0.1) is 0 Å². The van der Waals surface area contributed by atoms with Crippen LogP contribution in [0.5, 0.6) is 0 Å². The number of aryl methyl sites for hydroxylation is 1. The Labute approximate surface area is 116 Å². The van der Waals surface area contributed by atoms with Crippen LogP contribution in [0, 0.1) is 11.3 Å². The fourth-order valence-electron chi connectivity index (χ4n) is 3.09. The molecule has 1 N–H and O–H groups in total. The van der Waals surface area contributed by atoms with Gasteiger partial charge < -0.3 is 9.84 Å². The Morgan fingerprint density at radius 1 is 1.32 bits per heavy atom. The van der Waals surface area contributed by atoms with E-state index in [0.717, 1.165) is 37.1 Å². The Morgan fingerprint density at radius 2 is 2.11 bits per heavy atom. The third kappa shape index (κ3) is 2.71. The number of nitrogens with one attached hydrogen (secondary N) is 1. The van der Waals surface area contributed by atoms with Gasteiger partial charge in [0, 0.05) is 24.6 Å². The molecule has 0 spiro atoms. The minimum absolute atomic E-state index is 0.427. The van der Waals surface area contributed by atoms with Gasteiger partial charge in [-0.3, -0.25) is 0 Å². The second-order valence-electron chi connectivity index (χ2n) is 6.97. The lowest BCUT2D eigenvalue weighted by Crippen LogP contribution is -2.29. The topological polar surface area (TPSA) is 38.1 Å². The van der Waals surface area contributed by atoms with Crippen molar-refractivity contribution in [1.29, 1.82) is 0 Å². The number of hydrogen-bond donors (Lipinski definition) is 1. The molecule has 1 heterocycles. The molecule has 19 heavy (non-hydrogen) atoms. The first-order chi connectivity index (χ1) is 9.10. The summed E-state index contributed by atoms with van der Waals surface area (Å²) < 4.78 is 5.54. The van der Waals surface area contributed by atoms with E-state index in [-0.39, 0.29) is 0 Å². The third-order valence-electron chi connectivity index (χ3n) is 5.27. The molecule has 0 saturated heterocycles. The first-order valence-corrected chi connectivity index (χ1v) is 7.80. The second-order valence-corrected chi connectivity index (χ2v) is 6.97. The standard InChI is InChI=1S/C16H26N2O/c1-4-16(2,3)11-5-8-15-13(9-11)14(18-19-15)10-17-12-6-7-12/h11-12,17H,4-10H2,1-3H3. The molecule has 1 saturated carbocycles. The van der Waals surface area contributed by atoms with E-state index in [9.17, 15) is 0 Å². The number of rotatable bonds is 5. The number of hydrogen-bond acceptors (Lipinski definition) is 3. The SMILES string of the molecule is CCC(C)(C)C1CCc2onc(CNC3CC3)c2C1. The molecule has 2 aliphatic carbocycles. The van der Waals surface area contributed by atoms with Crippen molar-refractivity contribution in [3.8, 4) is 0 Å². The molecule has 1 aromatic heterocycles. The smallest absolute Gasteiger partial charge is 0.140 e. The Hall–Kier alpha value is -0.830. The summed E-state index contributed by atoms with van der Waals surface area (Å²) in [4.78, 5) is 0. The molecule has 1 unspecified atom stereocenters. The second kappa shape index (κ2) is 4.93. The summed E-state index contributed by atoms with van der Waals surface area (Å²) >= 11 is 0. The highest BCUT2D eigenvalue weighted by Crippen LogP contribution is 2.40. The molecule has 0 bridgehead atoms. The Morgan fingerprint density at radius 3 is 2.79 bits per heavy atom. The van der Waals surface area contributed by atoms with Crippen molar-refractivity contribution in [3.63, 3.8) is 0 Å². The minimum atomic E-state index is 0.427. The van der Waals surface area contributed by atoms with E-state index < -0.39 is 0 Å². The fraction of sp³-hybridized carbons (Fsp3) is 0.812. The normalized spacial score (nSPS) is 23.4. The van der Waals surface area contributed by atoms with Crippen LogP contribution in [0.2, 0.25) is 0 Å². The van der Waals surface area contributed by atoms with Crippen LogP contribution in [0.1, 0.15) is 63.5 Å². The summed E-state index contributed by atoms with van der Waals surface area (Å²) in [6, 6.07) is 0.735. The van der Waals surface area contributed by atoms with Crippen molar-refractivity contribution in [3.05, 3.63) is 17.0 Å². The van der Waals surface area contributed by atoms with Gasteiger partial charge in [0.2, 0.25) is 0 Å². The first-order valence-electron chi connectivity index (χ1n) is 7.80. The van der Waals surface area contributed by atoms with Gasteiger partial charge in [0.1, 0.15) is 11.5 Å². The number of fused-ring (bicyclic) bond motifs is 1. The Balaban J connectivity index is 1.72. The van der Waals surface area contributed by atoms with Gasteiger partial charge in [-0.05, 0) is 37.0 Å². The lowest BCUT2D eigenvalue weighted by molar-refractivity contribution is 0.176. The molecular formula is C16H26N2O. The van der Waals surface area contributed by atoms with Crippen LogP contribution in [-0.4, -0.2) is 11.2 Å². The van der Waals surface area contributed by atoms with Crippen LogP contribution >= 0.6 is 0 Å². The van der Waals surface area contributed by atoms with Crippen molar-refractivity contribution >= 4 is 0 Å². The summed E-state index contributed by atoms with van der Waals surface area (Å²) in [5, 5.41) is 7.86. The predicted molar refractivity (Wildman–Crippen MR) is 76.0 cm³/mol. The van der Waals surface area contributed by atoms with Crippen LogP contribution in [0.25, 0.3) is 0 Å². The molecule has 3 heteroatoms. The molecule has 1 fully saturated rings. The van der Waals surface area contributed by atoms with E-state index in [1.807, 2.05) is 0 Å². The van der Waals surface area contributed by atoms with Crippen LogP contribution < -0.4 is 5.32 Å².